The minimum absolute atomic E-state index is 0.0328. The summed E-state index contributed by atoms with van der Waals surface area (Å²) in [6, 6.07) is 9.93. The first kappa shape index (κ1) is 21.8. The summed E-state index contributed by atoms with van der Waals surface area (Å²) in [5.41, 5.74) is 2.08. The maximum Gasteiger partial charge on any atom is 0.341 e. The summed E-state index contributed by atoms with van der Waals surface area (Å²) < 4.78 is 49.5. The fourth-order valence-corrected chi connectivity index (χ4v) is 3.87. The van der Waals surface area contributed by atoms with Crippen LogP contribution in [0.15, 0.2) is 52.4 Å². The Morgan fingerprint density at radius 1 is 1.13 bits per heavy atom. The summed E-state index contributed by atoms with van der Waals surface area (Å²) in [5.74, 6) is -3.27. The Bertz CT molecular complexity index is 1150. The molecule has 0 saturated carbocycles. The zero-order chi connectivity index (χ0) is 21.9. The van der Waals surface area contributed by atoms with Crippen LogP contribution in [-0.2, 0) is 14.6 Å². The molecule has 0 unspecified atom stereocenters. The van der Waals surface area contributed by atoms with Gasteiger partial charge in [-0.2, -0.15) is 13.9 Å². The van der Waals surface area contributed by atoms with Crippen molar-refractivity contribution in [3.8, 4) is 5.82 Å². The lowest BCUT2D eigenvalue weighted by Crippen LogP contribution is -2.15. The molecule has 0 fully saturated rings. The molecular weight excluding hydrogens is 436 g/mol. The minimum Gasteiger partial charge on any atom is -0.325 e. The molecule has 158 valence electrons. The maximum atomic E-state index is 12.5. The van der Waals surface area contributed by atoms with E-state index in [2.05, 4.69) is 20.6 Å². The number of benzene rings is 1. The lowest BCUT2D eigenvalue weighted by molar-refractivity contribution is -0.113. The van der Waals surface area contributed by atoms with Crippen molar-refractivity contribution in [3.63, 3.8) is 0 Å². The molecular formula is C18H17F2N5O3S2. The smallest absolute Gasteiger partial charge is 0.325 e. The number of halogens is 2. The van der Waals surface area contributed by atoms with Crippen LogP contribution in [0.25, 0.3) is 5.82 Å². The fourth-order valence-electron chi connectivity index (χ4n) is 2.53. The zero-order valence-electron chi connectivity index (χ0n) is 15.9. The summed E-state index contributed by atoms with van der Waals surface area (Å²) in [7, 11) is -4.67. The third-order valence-electron chi connectivity index (χ3n) is 3.90. The number of hydrogen-bond acceptors (Lipinski definition) is 7. The lowest BCUT2D eigenvalue weighted by Gasteiger charge is -2.07. The van der Waals surface area contributed by atoms with Gasteiger partial charge >= 0.3 is 5.76 Å². The van der Waals surface area contributed by atoms with Gasteiger partial charge in [0.15, 0.2) is 5.82 Å². The number of hydrogen-bond donors (Lipinski definition) is 1. The number of alkyl halides is 2. The van der Waals surface area contributed by atoms with E-state index in [9.17, 15) is 22.0 Å². The molecule has 0 bridgehead atoms. The Balaban J connectivity index is 1.56. The fraction of sp³-hybridized carbons (Fsp3) is 0.222. The highest BCUT2D eigenvalue weighted by molar-refractivity contribution is 7.99. The Kier molecular flexibility index (Phi) is 6.46. The molecule has 1 aromatic carbocycles. The number of carbonyl (C=O) groups is 1. The van der Waals surface area contributed by atoms with E-state index in [1.807, 2.05) is 19.9 Å². The second-order valence-corrected chi connectivity index (χ2v) is 9.15. The second kappa shape index (κ2) is 8.88. The van der Waals surface area contributed by atoms with E-state index < -0.39 is 20.5 Å². The highest BCUT2D eigenvalue weighted by atomic mass is 32.2. The lowest BCUT2D eigenvalue weighted by atomic mass is 10.3. The van der Waals surface area contributed by atoms with Crippen molar-refractivity contribution in [3.05, 3.63) is 53.9 Å². The van der Waals surface area contributed by atoms with Crippen molar-refractivity contribution in [1.82, 2.24) is 20.0 Å². The number of sulfone groups is 1. The number of anilines is 1. The molecule has 0 spiro atoms. The van der Waals surface area contributed by atoms with E-state index in [1.54, 1.807) is 16.8 Å². The van der Waals surface area contributed by atoms with Crippen LogP contribution in [0.3, 0.4) is 0 Å². The van der Waals surface area contributed by atoms with Gasteiger partial charge < -0.3 is 5.32 Å². The standard InChI is InChI=1S/C18H17F2N5O3S2/c1-11-9-12(2)25(24-11)15-7-8-17(23-22-15)29-10-16(26)21-13-3-5-14(6-4-13)30(27,28)18(19)20/h3-9,18H,10H2,1-2H3,(H,21,26). The van der Waals surface area contributed by atoms with Gasteiger partial charge in [-0.1, -0.05) is 11.8 Å². The van der Waals surface area contributed by atoms with Crippen molar-refractivity contribution in [2.24, 2.45) is 0 Å². The summed E-state index contributed by atoms with van der Waals surface area (Å²) in [4.78, 5) is 11.6. The van der Waals surface area contributed by atoms with Crippen LogP contribution < -0.4 is 5.32 Å². The number of nitrogens with zero attached hydrogens (tertiary/aromatic N) is 4. The topological polar surface area (TPSA) is 107 Å². The molecule has 30 heavy (non-hydrogen) atoms. The van der Waals surface area contributed by atoms with Crippen molar-refractivity contribution < 1.29 is 22.0 Å². The molecule has 12 heteroatoms. The van der Waals surface area contributed by atoms with Crippen molar-refractivity contribution in [2.45, 2.75) is 29.5 Å². The van der Waals surface area contributed by atoms with Gasteiger partial charge in [0.1, 0.15) is 5.03 Å². The van der Waals surface area contributed by atoms with E-state index in [1.165, 1.54) is 12.1 Å². The van der Waals surface area contributed by atoms with E-state index in [4.69, 9.17) is 0 Å². The van der Waals surface area contributed by atoms with Crippen LogP contribution in [-0.4, -0.2) is 45.8 Å². The normalized spacial score (nSPS) is 11.6. The predicted octanol–water partition coefficient (Wildman–Crippen LogP) is 3.01. The number of rotatable bonds is 7. The molecule has 3 aromatic rings. The zero-order valence-corrected chi connectivity index (χ0v) is 17.5. The number of carbonyl (C=O) groups excluding carboxylic acids is 1. The molecule has 0 saturated heterocycles. The first-order chi connectivity index (χ1) is 14.2. The van der Waals surface area contributed by atoms with Crippen LogP contribution in [0.1, 0.15) is 11.4 Å². The number of amides is 1. The highest BCUT2D eigenvalue weighted by Crippen LogP contribution is 2.21. The van der Waals surface area contributed by atoms with Gasteiger partial charge in [-0.05, 0) is 56.3 Å². The average Bonchev–Trinajstić information content (AvgIpc) is 3.05. The summed E-state index contributed by atoms with van der Waals surface area (Å²) in [6.07, 6.45) is 0. The first-order valence-electron chi connectivity index (χ1n) is 8.59. The maximum absolute atomic E-state index is 12.5. The summed E-state index contributed by atoms with van der Waals surface area (Å²) >= 11 is 1.16. The van der Waals surface area contributed by atoms with Crippen LogP contribution in [0.4, 0.5) is 14.5 Å². The Labute approximate surface area is 175 Å². The average molecular weight is 453 g/mol. The Morgan fingerprint density at radius 2 is 1.83 bits per heavy atom. The van der Waals surface area contributed by atoms with Gasteiger partial charge in [-0.25, -0.2) is 13.1 Å². The van der Waals surface area contributed by atoms with Crippen molar-refractivity contribution in [2.75, 3.05) is 11.1 Å². The van der Waals surface area contributed by atoms with Crippen molar-refractivity contribution >= 4 is 33.2 Å². The quantitative estimate of drug-likeness (QED) is 0.548. The summed E-state index contributed by atoms with van der Waals surface area (Å²) in [6.45, 7) is 3.79. The second-order valence-electron chi connectivity index (χ2n) is 6.24. The molecule has 1 amide bonds. The number of thioether (sulfide) groups is 1. The molecule has 8 nitrogen and oxygen atoms in total. The molecule has 1 N–H and O–H groups in total. The number of nitrogens with one attached hydrogen (secondary N) is 1. The molecule has 2 aromatic heterocycles. The third-order valence-corrected chi connectivity index (χ3v) is 6.22. The van der Waals surface area contributed by atoms with Gasteiger partial charge in [0, 0.05) is 11.4 Å². The molecule has 2 heterocycles. The van der Waals surface area contributed by atoms with Crippen LogP contribution >= 0.6 is 11.8 Å². The van der Waals surface area contributed by atoms with Crippen LogP contribution in [0.5, 0.6) is 0 Å². The third kappa shape index (κ3) is 5.00. The molecule has 0 aliphatic heterocycles. The minimum atomic E-state index is -4.67. The van der Waals surface area contributed by atoms with E-state index >= 15 is 0 Å². The number of aryl methyl sites for hydroxylation is 2. The molecule has 0 atom stereocenters. The highest BCUT2D eigenvalue weighted by Gasteiger charge is 2.26. The largest absolute Gasteiger partial charge is 0.341 e. The van der Waals surface area contributed by atoms with Gasteiger partial charge in [0.05, 0.1) is 16.3 Å². The molecule has 0 radical (unpaired) electrons. The predicted molar refractivity (Wildman–Crippen MR) is 108 cm³/mol. The first-order valence-corrected chi connectivity index (χ1v) is 11.1. The molecule has 0 aliphatic carbocycles. The Morgan fingerprint density at radius 3 is 2.37 bits per heavy atom. The monoisotopic (exact) mass is 453 g/mol. The SMILES string of the molecule is Cc1cc(C)n(-c2ccc(SCC(=O)Nc3ccc(S(=O)(=O)C(F)F)cc3)nn2)n1. The van der Waals surface area contributed by atoms with E-state index in [0.29, 0.717) is 16.5 Å². The molecule has 0 aliphatic rings. The van der Waals surface area contributed by atoms with Gasteiger partial charge in [-0.3, -0.25) is 4.79 Å². The van der Waals surface area contributed by atoms with Gasteiger partial charge in [0.2, 0.25) is 15.7 Å². The van der Waals surface area contributed by atoms with Crippen LogP contribution in [0.2, 0.25) is 0 Å². The van der Waals surface area contributed by atoms with Crippen LogP contribution in [0, 0.1) is 13.8 Å². The molecule has 3 rings (SSSR count). The van der Waals surface area contributed by atoms with Crippen molar-refractivity contribution in [1.29, 1.82) is 0 Å². The number of aromatic nitrogens is 4. The summed E-state index contributed by atoms with van der Waals surface area (Å²) in [5, 5.41) is 15.6. The Hall–Kier alpha value is -2.86. The van der Waals surface area contributed by atoms with E-state index in [0.717, 1.165) is 35.3 Å². The van der Waals surface area contributed by atoms with E-state index in [-0.39, 0.29) is 11.7 Å². The van der Waals surface area contributed by atoms with Gasteiger partial charge in [-0.15, -0.1) is 10.2 Å². The van der Waals surface area contributed by atoms with Gasteiger partial charge in [0.25, 0.3) is 0 Å².